The molecule has 1 heterocycles. The van der Waals surface area contributed by atoms with Crippen molar-refractivity contribution < 1.29 is 9.18 Å². The van der Waals surface area contributed by atoms with Gasteiger partial charge in [-0.05, 0) is 38.1 Å². The van der Waals surface area contributed by atoms with Gasteiger partial charge in [0, 0.05) is 13.1 Å². The summed E-state index contributed by atoms with van der Waals surface area (Å²) >= 11 is 5.90. The van der Waals surface area contributed by atoms with Crippen LogP contribution in [0.1, 0.15) is 16.8 Å². The van der Waals surface area contributed by atoms with Crippen molar-refractivity contribution >= 4 is 29.9 Å². The summed E-state index contributed by atoms with van der Waals surface area (Å²) in [5, 5.41) is 3.27. The molecule has 1 aromatic carbocycles. The lowest BCUT2D eigenvalue weighted by molar-refractivity contribution is 0.0783. The third-order valence-corrected chi connectivity index (χ3v) is 3.56. The monoisotopic (exact) mass is 306 g/mol. The normalized spacial score (nSPS) is 18.3. The predicted molar refractivity (Wildman–Crippen MR) is 76.6 cm³/mol. The SMILES string of the molecule is CNCC1CCN(C(=O)c2c(F)cccc2Cl)C1.Cl. The Morgan fingerprint density at radius 2 is 2.32 bits per heavy atom. The number of nitrogens with one attached hydrogen (secondary N) is 1. The predicted octanol–water partition coefficient (Wildman–Crippen LogP) is 2.58. The van der Waals surface area contributed by atoms with Crippen LogP contribution in [0.3, 0.4) is 0 Å². The number of hydrogen-bond donors (Lipinski definition) is 1. The second-order valence-electron chi connectivity index (χ2n) is 4.56. The summed E-state index contributed by atoms with van der Waals surface area (Å²) < 4.78 is 13.7. The first-order chi connectivity index (χ1) is 8.63. The van der Waals surface area contributed by atoms with Crippen molar-refractivity contribution in [3.63, 3.8) is 0 Å². The Morgan fingerprint density at radius 1 is 1.58 bits per heavy atom. The van der Waals surface area contributed by atoms with Crippen molar-refractivity contribution in [3.05, 3.63) is 34.6 Å². The molecule has 0 aliphatic carbocycles. The van der Waals surface area contributed by atoms with E-state index in [1.807, 2.05) is 7.05 Å². The molecule has 106 valence electrons. The number of benzene rings is 1. The largest absolute Gasteiger partial charge is 0.338 e. The summed E-state index contributed by atoms with van der Waals surface area (Å²) in [7, 11) is 1.89. The second kappa shape index (κ2) is 7.08. The molecule has 1 amide bonds. The van der Waals surface area contributed by atoms with Crippen molar-refractivity contribution in [1.29, 1.82) is 0 Å². The van der Waals surface area contributed by atoms with Crippen LogP contribution in [0.2, 0.25) is 5.02 Å². The third kappa shape index (κ3) is 3.59. The first-order valence-corrected chi connectivity index (χ1v) is 6.39. The van der Waals surface area contributed by atoms with Crippen LogP contribution in [0.15, 0.2) is 18.2 Å². The minimum absolute atomic E-state index is 0. The Morgan fingerprint density at radius 3 is 2.95 bits per heavy atom. The molecule has 3 nitrogen and oxygen atoms in total. The Hall–Kier alpha value is -0.840. The highest BCUT2D eigenvalue weighted by Crippen LogP contribution is 2.24. The van der Waals surface area contributed by atoms with E-state index in [1.54, 1.807) is 11.0 Å². The molecule has 0 aromatic heterocycles. The lowest BCUT2D eigenvalue weighted by atomic mass is 10.1. The van der Waals surface area contributed by atoms with Crippen molar-refractivity contribution in [2.24, 2.45) is 5.92 Å². The molecule has 0 radical (unpaired) electrons. The zero-order valence-electron chi connectivity index (χ0n) is 10.7. The molecular formula is C13H17Cl2FN2O. The van der Waals surface area contributed by atoms with Gasteiger partial charge >= 0.3 is 0 Å². The number of hydrogen-bond acceptors (Lipinski definition) is 2. The van der Waals surface area contributed by atoms with Crippen LogP contribution >= 0.6 is 24.0 Å². The van der Waals surface area contributed by atoms with Gasteiger partial charge in [-0.15, -0.1) is 12.4 Å². The summed E-state index contributed by atoms with van der Waals surface area (Å²) in [5.74, 6) is -0.425. The molecule has 1 atom stereocenters. The van der Waals surface area contributed by atoms with Crippen LogP contribution in [0.5, 0.6) is 0 Å². The van der Waals surface area contributed by atoms with Gasteiger partial charge in [0.05, 0.1) is 10.6 Å². The van der Waals surface area contributed by atoms with Crippen LogP contribution in [0.25, 0.3) is 0 Å². The summed E-state index contributed by atoms with van der Waals surface area (Å²) in [6.45, 7) is 2.19. The highest BCUT2D eigenvalue weighted by atomic mass is 35.5. The summed E-state index contributed by atoms with van der Waals surface area (Å²) in [6.07, 6.45) is 0.943. The average molecular weight is 307 g/mol. The summed E-state index contributed by atoms with van der Waals surface area (Å²) in [5.41, 5.74) is -0.00993. The Kier molecular flexibility index (Phi) is 6.04. The molecule has 0 spiro atoms. The van der Waals surface area contributed by atoms with Gasteiger partial charge in [0.2, 0.25) is 0 Å². The standard InChI is InChI=1S/C13H16ClFN2O.ClH/c1-16-7-9-5-6-17(8-9)13(18)12-10(14)3-2-4-11(12)15;/h2-4,9,16H,5-8H2,1H3;1H. The van der Waals surface area contributed by atoms with Gasteiger partial charge < -0.3 is 10.2 Å². The van der Waals surface area contributed by atoms with Crippen LogP contribution in [-0.2, 0) is 0 Å². The average Bonchev–Trinajstić information content (AvgIpc) is 2.78. The second-order valence-corrected chi connectivity index (χ2v) is 4.97. The number of carbonyl (C=O) groups is 1. The smallest absolute Gasteiger partial charge is 0.258 e. The highest BCUT2D eigenvalue weighted by molar-refractivity contribution is 6.33. The van der Waals surface area contributed by atoms with E-state index in [0.29, 0.717) is 19.0 Å². The minimum Gasteiger partial charge on any atom is -0.338 e. The molecule has 19 heavy (non-hydrogen) atoms. The molecule has 1 saturated heterocycles. The molecule has 1 fully saturated rings. The van der Waals surface area contributed by atoms with E-state index in [0.717, 1.165) is 13.0 Å². The summed E-state index contributed by atoms with van der Waals surface area (Å²) in [6, 6.07) is 4.31. The van der Waals surface area contributed by atoms with Gasteiger partial charge in [-0.1, -0.05) is 17.7 Å². The maximum Gasteiger partial charge on any atom is 0.258 e. The van der Waals surface area contributed by atoms with Crippen molar-refractivity contribution in [2.45, 2.75) is 6.42 Å². The number of amides is 1. The van der Waals surface area contributed by atoms with Crippen LogP contribution in [0.4, 0.5) is 4.39 Å². The topological polar surface area (TPSA) is 32.3 Å². The fourth-order valence-electron chi connectivity index (χ4n) is 2.33. The molecule has 1 N–H and O–H groups in total. The highest BCUT2D eigenvalue weighted by Gasteiger charge is 2.29. The molecule has 1 aliphatic heterocycles. The molecule has 6 heteroatoms. The van der Waals surface area contributed by atoms with E-state index in [4.69, 9.17) is 11.6 Å². The molecular weight excluding hydrogens is 290 g/mol. The number of nitrogens with zero attached hydrogens (tertiary/aromatic N) is 1. The quantitative estimate of drug-likeness (QED) is 0.931. The molecule has 1 unspecified atom stereocenters. The summed E-state index contributed by atoms with van der Waals surface area (Å²) in [4.78, 5) is 13.9. The van der Waals surface area contributed by atoms with Gasteiger partial charge in [-0.2, -0.15) is 0 Å². The van der Waals surface area contributed by atoms with Crippen LogP contribution in [-0.4, -0.2) is 37.5 Å². The van der Waals surface area contributed by atoms with Gasteiger partial charge in [0.1, 0.15) is 5.82 Å². The Balaban J connectivity index is 0.00000180. The van der Waals surface area contributed by atoms with E-state index >= 15 is 0 Å². The fraction of sp³-hybridized carbons (Fsp3) is 0.462. The van der Waals surface area contributed by atoms with Gasteiger partial charge in [-0.25, -0.2) is 4.39 Å². The van der Waals surface area contributed by atoms with E-state index < -0.39 is 5.82 Å². The van der Waals surface area contributed by atoms with E-state index in [-0.39, 0.29) is 28.9 Å². The lowest BCUT2D eigenvalue weighted by Gasteiger charge is -2.17. The van der Waals surface area contributed by atoms with Gasteiger partial charge in [0.25, 0.3) is 5.91 Å². The number of halogens is 3. The van der Waals surface area contributed by atoms with E-state index in [9.17, 15) is 9.18 Å². The molecule has 0 bridgehead atoms. The maximum atomic E-state index is 13.7. The third-order valence-electron chi connectivity index (χ3n) is 3.24. The number of rotatable bonds is 3. The number of carbonyl (C=O) groups excluding carboxylic acids is 1. The Bertz CT molecular complexity index is 436. The molecule has 1 aliphatic rings. The van der Waals surface area contributed by atoms with Crippen molar-refractivity contribution in [2.75, 3.05) is 26.7 Å². The van der Waals surface area contributed by atoms with Crippen molar-refractivity contribution in [1.82, 2.24) is 10.2 Å². The fourth-order valence-corrected chi connectivity index (χ4v) is 2.58. The minimum atomic E-state index is -0.551. The lowest BCUT2D eigenvalue weighted by Crippen LogP contribution is -2.31. The zero-order valence-corrected chi connectivity index (χ0v) is 12.2. The molecule has 1 aromatic rings. The Labute approximate surface area is 123 Å². The van der Waals surface area contributed by atoms with Gasteiger partial charge in [-0.3, -0.25) is 4.79 Å². The number of likely N-dealkylation sites (tertiary alicyclic amines) is 1. The first-order valence-electron chi connectivity index (χ1n) is 6.01. The van der Waals surface area contributed by atoms with E-state index in [1.165, 1.54) is 12.1 Å². The van der Waals surface area contributed by atoms with Gasteiger partial charge in [0.15, 0.2) is 0 Å². The molecule has 2 rings (SSSR count). The van der Waals surface area contributed by atoms with E-state index in [2.05, 4.69) is 5.32 Å². The van der Waals surface area contributed by atoms with Crippen LogP contribution < -0.4 is 5.32 Å². The van der Waals surface area contributed by atoms with Crippen molar-refractivity contribution in [3.8, 4) is 0 Å². The van der Waals surface area contributed by atoms with Crippen LogP contribution in [0, 0.1) is 11.7 Å². The molecule has 0 saturated carbocycles. The zero-order chi connectivity index (χ0) is 13.1. The maximum absolute atomic E-state index is 13.7. The first kappa shape index (κ1) is 16.2.